The number of thiazole rings is 1. The highest BCUT2D eigenvalue weighted by Gasteiger charge is 2.15. The van der Waals surface area contributed by atoms with Crippen LogP contribution in [-0.2, 0) is 4.79 Å². The zero-order valence-electron chi connectivity index (χ0n) is 14.5. The van der Waals surface area contributed by atoms with Crippen LogP contribution in [0.5, 0.6) is 5.75 Å². The number of hydrogen-bond donors (Lipinski definition) is 1. The molecular formula is C20H15F3N2O2S. The molecule has 3 aromatic rings. The number of amides is 1. The van der Waals surface area contributed by atoms with Gasteiger partial charge in [-0.1, -0.05) is 6.58 Å². The number of aromatic nitrogens is 1. The van der Waals surface area contributed by atoms with Gasteiger partial charge in [-0.15, -0.1) is 11.3 Å². The van der Waals surface area contributed by atoms with Crippen molar-refractivity contribution in [2.45, 2.75) is 6.43 Å². The Balaban J connectivity index is 1.63. The highest BCUT2D eigenvalue weighted by atomic mass is 32.1. The van der Waals surface area contributed by atoms with Gasteiger partial charge in [0.2, 0.25) is 0 Å². The second-order valence-electron chi connectivity index (χ2n) is 5.70. The van der Waals surface area contributed by atoms with Gasteiger partial charge in [0, 0.05) is 16.6 Å². The number of nitrogens with one attached hydrogen (secondary N) is 1. The summed E-state index contributed by atoms with van der Waals surface area (Å²) in [5.41, 5.74) is 1.99. The number of alkyl halides is 2. The minimum Gasteiger partial charge on any atom is -0.488 e. The minimum atomic E-state index is -2.55. The number of benzene rings is 2. The molecule has 144 valence electrons. The number of carbonyl (C=O) groups excluding carboxylic acids is 1. The highest BCUT2D eigenvalue weighted by molar-refractivity contribution is 7.11. The van der Waals surface area contributed by atoms with Crippen LogP contribution in [0.3, 0.4) is 0 Å². The Morgan fingerprint density at radius 3 is 2.46 bits per heavy atom. The number of rotatable bonds is 7. The van der Waals surface area contributed by atoms with Crippen molar-refractivity contribution in [1.82, 2.24) is 4.98 Å². The first kappa shape index (κ1) is 19.6. The predicted molar refractivity (Wildman–Crippen MR) is 103 cm³/mol. The monoisotopic (exact) mass is 404 g/mol. The molecule has 0 saturated carbocycles. The molecule has 1 aromatic heterocycles. The van der Waals surface area contributed by atoms with E-state index >= 15 is 0 Å². The summed E-state index contributed by atoms with van der Waals surface area (Å²) in [5, 5.41) is 4.86. The number of hydrogen-bond acceptors (Lipinski definition) is 4. The maximum atomic E-state index is 13.0. The van der Waals surface area contributed by atoms with Gasteiger partial charge in [-0.05, 0) is 48.5 Å². The second-order valence-corrected chi connectivity index (χ2v) is 6.56. The summed E-state index contributed by atoms with van der Waals surface area (Å²) in [4.78, 5) is 16.8. The van der Waals surface area contributed by atoms with Crippen LogP contribution >= 0.6 is 11.3 Å². The molecule has 4 nitrogen and oxygen atoms in total. The van der Waals surface area contributed by atoms with Gasteiger partial charge in [0.05, 0.1) is 11.3 Å². The van der Waals surface area contributed by atoms with E-state index in [2.05, 4.69) is 16.9 Å². The Labute approximate surface area is 163 Å². The van der Waals surface area contributed by atoms with E-state index in [1.165, 1.54) is 47.7 Å². The molecule has 0 bridgehead atoms. The van der Waals surface area contributed by atoms with Crippen molar-refractivity contribution in [2.75, 3.05) is 11.9 Å². The van der Waals surface area contributed by atoms with Gasteiger partial charge in [0.15, 0.2) is 0 Å². The fraction of sp³-hybridized carbons (Fsp3) is 0.100. The maximum Gasteiger partial charge on any atom is 0.272 e. The SMILES string of the molecule is C=C(C(=O)Nc1ccc(OCC(F)F)cc1)c1nc(-c2ccc(F)cc2)cs1. The van der Waals surface area contributed by atoms with Gasteiger partial charge in [0.1, 0.15) is 23.2 Å². The molecule has 28 heavy (non-hydrogen) atoms. The van der Waals surface area contributed by atoms with Crippen molar-refractivity contribution >= 4 is 28.5 Å². The lowest BCUT2D eigenvalue weighted by atomic mass is 10.2. The van der Waals surface area contributed by atoms with Gasteiger partial charge in [-0.25, -0.2) is 18.2 Å². The second kappa shape index (κ2) is 8.71. The summed E-state index contributed by atoms with van der Waals surface area (Å²) in [5.74, 6) is -0.504. The Hall–Kier alpha value is -3.13. The topological polar surface area (TPSA) is 51.2 Å². The van der Waals surface area contributed by atoms with E-state index in [1.54, 1.807) is 17.5 Å². The van der Waals surface area contributed by atoms with Crippen LogP contribution in [0, 0.1) is 5.82 Å². The molecule has 0 aliphatic rings. The molecule has 0 unspecified atom stereocenters. The molecule has 0 fully saturated rings. The third kappa shape index (κ3) is 4.98. The number of halogens is 3. The maximum absolute atomic E-state index is 13.0. The molecule has 2 aromatic carbocycles. The average Bonchev–Trinajstić information content (AvgIpc) is 3.17. The molecule has 0 radical (unpaired) electrons. The van der Waals surface area contributed by atoms with Crippen LogP contribution < -0.4 is 10.1 Å². The Bertz CT molecular complexity index is 970. The van der Waals surface area contributed by atoms with Crippen LogP contribution in [0.4, 0.5) is 18.9 Å². The van der Waals surface area contributed by atoms with Gasteiger partial charge in [-0.2, -0.15) is 0 Å². The van der Waals surface area contributed by atoms with E-state index in [-0.39, 0.29) is 17.1 Å². The molecule has 0 saturated heterocycles. The largest absolute Gasteiger partial charge is 0.488 e. The van der Waals surface area contributed by atoms with E-state index in [0.29, 0.717) is 16.4 Å². The van der Waals surface area contributed by atoms with Crippen LogP contribution in [0.2, 0.25) is 0 Å². The first-order valence-electron chi connectivity index (χ1n) is 8.15. The number of ether oxygens (including phenoxy) is 1. The molecule has 0 spiro atoms. The minimum absolute atomic E-state index is 0.177. The van der Waals surface area contributed by atoms with Crippen LogP contribution in [0.1, 0.15) is 5.01 Å². The summed E-state index contributed by atoms with van der Waals surface area (Å²) >= 11 is 1.25. The number of anilines is 1. The van der Waals surface area contributed by atoms with E-state index < -0.39 is 18.9 Å². The zero-order valence-corrected chi connectivity index (χ0v) is 15.3. The number of nitrogens with zero attached hydrogens (tertiary/aromatic N) is 1. The van der Waals surface area contributed by atoms with Gasteiger partial charge in [-0.3, -0.25) is 4.79 Å². The highest BCUT2D eigenvalue weighted by Crippen LogP contribution is 2.26. The molecule has 0 atom stereocenters. The smallest absolute Gasteiger partial charge is 0.272 e. The van der Waals surface area contributed by atoms with E-state index in [9.17, 15) is 18.0 Å². The lowest BCUT2D eigenvalue weighted by molar-refractivity contribution is -0.111. The van der Waals surface area contributed by atoms with Crippen LogP contribution in [0.25, 0.3) is 16.8 Å². The molecule has 3 rings (SSSR count). The summed E-state index contributed by atoms with van der Waals surface area (Å²) in [6, 6.07) is 11.9. The van der Waals surface area contributed by atoms with Gasteiger partial charge < -0.3 is 10.1 Å². The van der Waals surface area contributed by atoms with Crippen molar-refractivity contribution in [3.05, 3.63) is 71.3 Å². The van der Waals surface area contributed by atoms with E-state index in [4.69, 9.17) is 4.74 Å². The molecule has 1 N–H and O–H groups in total. The van der Waals surface area contributed by atoms with Crippen LogP contribution in [0.15, 0.2) is 60.5 Å². The van der Waals surface area contributed by atoms with E-state index in [1.807, 2.05) is 0 Å². The first-order valence-corrected chi connectivity index (χ1v) is 9.03. The third-order valence-electron chi connectivity index (χ3n) is 3.66. The normalized spacial score (nSPS) is 10.7. The molecule has 8 heteroatoms. The predicted octanol–water partition coefficient (Wildman–Crippen LogP) is 5.25. The zero-order chi connectivity index (χ0) is 20.1. The van der Waals surface area contributed by atoms with Crippen molar-refractivity contribution < 1.29 is 22.7 Å². The average molecular weight is 404 g/mol. The summed E-state index contributed by atoms with van der Waals surface area (Å²) in [6.45, 7) is 3.08. The van der Waals surface area contributed by atoms with Crippen molar-refractivity contribution in [3.63, 3.8) is 0 Å². The quantitative estimate of drug-likeness (QED) is 0.548. The van der Waals surface area contributed by atoms with Gasteiger partial charge >= 0.3 is 0 Å². The lowest BCUT2D eigenvalue weighted by Gasteiger charge is -2.08. The lowest BCUT2D eigenvalue weighted by Crippen LogP contribution is -2.13. The fourth-order valence-corrected chi connectivity index (χ4v) is 3.06. The van der Waals surface area contributed by atoms with Gasteiger partial charge in [0.25, 0.3) is 12.3 Å². The number of carbonyl (C=O) groups is 1. The first-order chi connectivity index (χ1) is 13.4. The molecule has 0 aliphatic carbocycles. The third-order valence-corrected chi connectivity index (χ3v) is 4.57. The fourth-order valence-electron chi connectivity index (χ4n) is 2.26. The Morgan fingerprint density at radius 1 is 1.14 bits per heavy atom. The Kier molecular flexibility index (Phi) is 6.10. The molecule has 1 amide bonds. The Morgan fingerprint density at radius 2 is 1.82 bits per heavy atom. The standard InChI is InChI=1S/C20H15F3N2O2S/c1-12(20-25-17(11-28-20)13-2-4-14(21)5-3-13)19(26)24-15-6-8-16(9-7-15)27-10-18(22)23/h2-9,11,18H,1,10H2,(H,24,26). The van der Waals surface area contributed by atoms with Crippen molar-refractivity contribution in [3.8, 4) is 17.0 Å². The summed E-state index contributed by atoms with van der Waals surface area (Å²) in [6.07, 6.45) is -2.55. The van der Waals surface area contributed by atoms with Crippen molar-refractivity contribution in [2.24, 2.45) is 0 Å². The molecular weight excluding hydrogens is 389 g/mol. The van der Waals surface area contributed by atoms with E-state index in [0.717, 1.165) is 5.56 Å². The molecule has 1 heterocycles. The summed E-state index contributed by atoms with van der Waals surface area (Å²) in [7, 11) is 0. The van der Waals surface area contributed by atoms with Crippen LogP contribution in [-0.4, -0.2) is 23.9 Å². The van der Waals surface area contributed by atoms with Crippen molar-refractivity contribution in [1.29, 1.82) is 0 Å². The summed E-state index contributed by atoms with van der Waals surface area (Å²) < 4.78 is 42.2. The molecule has 0 aliphatic heterocycles.